The molecule has 3 aliphatic rings. The lowest BCUT2D eigenvalue weighted by molar-refractivity contribution is -0.0275. The summed E-state index contributed by atoms with van der Waals surface area (Å²) < 4.78 is 60.6. The quantitative estimate of drug-likeness (QED) is 0.311. The average Bonchev–Trinajstić information content (AvgIpc) is 3.29. The second kappa shape index (κ2) is 12.8. The van der Waals surface area contributed by atoms with Crippen LogP contribution in [0.15, 0.2) is 48.0 Å². The minimum atomic E-state index is -2.60. The number of alkyl halides is 3. The van der Waals surface area contributed by atoms with E-state index in [1.165, 1.54) is 5.57 Å². The molecule has 2 aromatic rings. The van der Waals surface area contributed by atoms with Gasteiger partial charge in [0.25, 0.3) is 0 Å². The fraction of sp³-hybridized carbons (Fsp3) is 0.562. The molecule has 7 heteroatoms. The summed E-state index contributed by atoms with van der Waals surface area (Å²) in [6.07, 6.45) is 6.71. The zero-order valence-corrected chi connectivity index (χ0v) is 22.6. The van der Waals surface area contributed by atoms with Crippen molar-refractivity contribution in [2.75, 3.05) is 26.3 Å². The fourth-order valence-electron chi connectivity index (χ4n) is 6.64. The van der Waals surface area contributed by atoms with Gasteiger partial charge >= 0.3 is 0 Å². The first kappa shape index (κ1) is 28.0. The highest BCUT2D eigenvalue weighted by atomic mass is 19.3. The number of benzene rings is 2. The van der Waals surface area contributed by atoms with Crippen LogP contribution in [0, 0.1) is 5.92 Å². The van der Waals surface area contributed by atoms with Crippen molar-refractivity contribution >= 4 is 5.57 Å². The van der Waals surface area contributed by atoms with Crippen LogP contribution >= 0.6 is 0 Å². The Balaban J connectivity index is 1.44. The third kappa shape index (κ3) is 6.97. The number of aryl methyl sites for hydroxylation is 1. The smallest absolute Gasteiger partial charge is 0.248 e. The van der Waals surface area contributed by atoms with Gasteiger partial charge in [-0.2, -0.15) is 0 Å². The van der Waals surface area contributed by atoms with Crippen molar-refractivity contribution in [3.05, 3.63) is 64.7 Å². The Kier molecular flexibility index (Phi) is 9.16. The van der Waals surface area contributed by atoms with Crippen LogP contribution in [0.5, 0.6) is 11.5 Å². The number of ether oxygens (including phenoxy) is 1. The molecule has 1 heterocycles. The van der Waals surface area contributed by atoms with E-state index >= 15 is 0 Å². The lowest BCUT2D eigenvalue weighted by Gasteiger charge is -2.29. The number of halogens is 4. The standard InChI is InChI=1S/C32H39F4NO2/c33-18-4-19-37-20-15-28(22-37)38-26-10-8-24(9-11-26)31-29(23-5-1-2-16-32(34,35)17-14-23)7-3-6-25-21-27(39-36)12-13-30(25)31/h8-13,21,23,28H,1-7,14-20,22H2/t23?,28-/m0/s1. The molecule has 39 heavy (non-hydrogen) atoms. The molecular formula is C32H39F4NO2. The molecule has 0 N–H and O–H groups in total. The van der Waals surface area contributed by atoms with Crippen molar-refractivity contribution < 1.29 is 27.4 Å². The Morgan fingerprint density at radius 3 is 2.51 bits per heavy atom. The summed E-state index contributed by atoms with van der Waals surface area (Å²) in [6.45, 7) is 2.18. The molecule has 2 aromatic carbocycles. The van der Waals surface area contributed by atoms with Crippen molar-refractivity contribution in [3.8, 4) is 11.5 Å². The van der Waals surface area contributed by atoms with E-state index in [-0.39, 0.29) is 37.3 Å². The molecule has 0 spiro atoms. The first-order valence-corrected chi connectivity index (χ1v) is 14.5. The van der Waals surface area contributed by atoms with Gasteiger partial charge in [0.2, 0.25) is 5.92 Å². The van der Waals surface area contributed by atoms with Crippen molar-refractivity contribution in [1.29, 1.82) is 0 Å². The van der Waals surface area contributed by atoms with Gasteiger partial charge in [-0.05, 0) is 104 Å². The summed E-state index contributed by atoms with van der Waals surface area (Å²) in [6, 6.07) is 13.4. The third-order valence-corrected chi connectivity index (χ3v) is 8.63. The molecule has 2 fully saturated rings. The SMILES string of the molecule is FCCCN1CC[C@H](Oc2ccc(C3=C(C4CCCCC(F)(F)CC4)CCCc4cc(OF)ccc43)cc2)C1. The molecule has 2 atom stereocenters. The normalized spacial score (nSPS) is 24.0. The van der Waals surface area contributed by atoms with Crippen LogP contribution in [0.2, 0.25) is 0 Å². The average molecular weight is 546 g/mol. The number of likely N-dealkylation sites (tertiary alicyclic amines) is 1. The molecule has 1 saturated carbocycles. The molecule has 3 nitrogen and oxygen atoms in total. The summed E-state index contributed by atoms with van der Waals surface area (Å²) in [4.78, 5) is 6.27. The lowest BCUT2D eigenvalue weighted by Crippen LogP contribution is -2.26. The van der Waals surface area contributed by atoms with Crippen LogP contribution in [0.3, 0.4) is 0 Å². The van der Waals surface area contributed by atoms with Gasteiger partial charge in [0.1, 0.15) is 11.9 Å². The number of nitrogens with zero attached hydrogens (tertiary/aromatic N) is 1. The van der Waals surface area contributed by atoms with Gasteiger partial charge in [-0.25, -0.2) is 8.78 Å². The van der Waals surface area contributed by atoms with Crippen LogP contribution < -0.4 is 9.68 Å². The Morgan fingerprint density at radius 2 is 1.72 bits per heavy atom. The van der Waals surface area contributed by atoms with Gasteiger partial charge in [-0.15, -0.1) is 0 Å². The summed E-state index contributed by atoms with van der Waals surface area (Å²) in [5, 5.41) is 0. The van der Waals surface area contributed by atoms with Crippen LogP contribution in [0.25, 0.3) is 5.57 Å². The number of rotatable bonds is 8. The van der Waals surface area contributed by atoms with Crippen molar-refractivity contribution in [2.45, 2.75) is 82.7 Å². The maximum absolute atomic E-state index is 14.4. The van der Waals surface area contributed by atoms with Gasteiger partial charge < -0.3 is 4.74 Å². The number of hydrogen-bond donors (Lipinski definition) is 0. The molecule has 0 amide bonds. The summed E-state index contributed by atoms with van der Waals surface area (Å²) in [5.74, 6) is -1.53. The number of allylic oxidation sites excluding steroid dienone is 1. The monoisotopic (exact) mass is 545 g/mol. The number of hydrogen-bond acceptors (Lipinski definition) is 3. The molecule has 0 radical (unpaired) electrons. The maximum Gasteiger partial charge on any atom is 0.248 e. The predicted octanol–water partition coefficient (Wildman–Crippen LogP) is 8.51. The second-order valence-corrected chi connectivity index (χ2v) is 11.4. The van der Waals surface area contributed by atoms with Crippen LogP contribution in [-0.4, -0.2) is 43.2 Å². The van der Waals surface area contributed by atoms with Gasteiger partial charge in [-0.3, -0.25) is 14.2 Å². The molecule has 212 valence electrons. The van der Waals surface area contributed by atoms with E-state index < -0.39 is 5.92 Å². The molecule has 0 bridgehead atoms. The highest BCUT2D eigenvalue weighted by Crippen LogP contribution is 2.44. The van der Waals surface area contributed by atoms with Gasteiger partial charge in [0.15, 0.2) is 5.75 Å². The summed E-state index contributed by atoms with van der Waals surface area (Å²) >= 11 is 0. The lowest BCUT2D eigenvalue weighted by atomic mass is 9.78. The minimum Gasteiger partial charge on any atom is -0.489 e. The maximum atomic E-state index is 14.4. The Bertz CT molecular complexity index is 1130. The largest absolute Gasteiger partial charge is 0.489 e. The van der Waals surface area contributed by atoms with Crippen molar-refractivity contribution in [3.63, 3.8) is 0 Å². The highest BCUT2D eigenvalue weighted by molar-refractivity contribution is 5.85. The van der Waals surface area contributed by atoms with E-state index in [1.807, 2.05) is 18.2 Å². The molecular weight excluding hydrogens is 506 g/mol. The zero-order chi connectivity index (χ0) is 27.2. The third-order valence-electron chi connectivity index (χ3n) is 8.63. The van der Waals surface area contributed by atoms with E-state index in [0.717, 1.165) is 86.2 Å². The Labute approximate surface area is 229 Å². The van der Waals surface area contributed by atoms with Crippen molar-refractivity contribution in [2.24, 2.45) is 5.92 Å². The molecule has 1 unspecified atom stereocenters. The first-order valence-electron chi connectivity index (χ1n) is 14.5. The van der Waals surface area contributed by atoms with E-state index in [0.29, 0.717) is 19.3 Å². The van der Waals surface area contributed by atoms with Crippen molar-refractivity contribution in [1.82, 2.24) is 4.90 Å². The topological polar surface area (TPSA) is 21.7 Å². The summed E-state index contributed by atoms with van der Waals surface area (Å²) in [5.41, 5.74) is 5.41. The molecule has 0 aromatic heterocycles. The predicted molar refractivity (Wildman–Crippen MR) is 146 cm³/mol. The second-order valence-electron chi connectivity index (χ2n) is 11.4. The van der Waals surface area contributed by atoms with Crippen LogP contribution in [0.4, 0.5) is 17.7 Å². The van der Waals surface area contributed by atoms with E-state index in [1.54, 1.807) is 12.1 Å². The first-order chi connectivity index (χ1) is 19.0. The number of fused-ring (bicyclic) bond motifs is 1. The molecule has 2 aliphatic carbocycles. The van der Waals surface area contributed by atoms with Crippen LogP contribution in [0.1, 0.15) is 80.9 Å². The van der Waals surface area contributed by atoms with Gasteiger partial charge in [-0.1, -0.05) is 30.2 Å². The Hall–Kier alpha value is -2.54. The van der Waals surface area contributed by atoms with Crippen LogP contribution in [-0.2, 0) is 6.42 Å². The van der Waals surface area contributed by atoms with Gasteiger partial charge in [0.05, 0.1) is 6.67 Å². The highest BCUT2D eigenvalue weighted by Gasteiger charge is 2.33. The fourth-order valence-corrected chi connectivity index (χ4v) is 6.64. The van der Waals surface area contributed by atoms with E-state index in [4.69, 9.17) is 4.74 Å². The summed E-state index contributed by atoms with van der Waals surface area (Å²) in [7, 11) is 0. The minimum absolute atomic E-state index is 0.0173. The Morgan fingerprint density at radius 1 is 0.897 bits per heavy atom. The molecule has 5 rings (SSSR count). The van der Waals surface area contributed by atoms with E-state index in [2.05, 4.69) is 22.0 Å². The zero-order valence-electron chi connectivity index (χ0n) is 22.6. The molecule has 1 saturated heterocycles. The molecule has 1 aliphatic heterocycles. The van der Waals surface area contributed by atoms with E-state index in [9.17, 15) is 17.7 Å². The van der Waals surface area contributed by atoms with Gasteiger partial charge in [0, 0.05) is 37.0 Å².